The van der Waals surface area contributed by atoms with Crippen LogP contribution in [-0.4, -0.2) is 7.11 Å². The van der Waals surface area contributed by atoms with Gasteiger partial charge in [-0.2, -0.15) is 0 Å². The van der Waals surface area contributed by atoms with Gasteiger partial charge in [-0.25, -0.2) is 0 Å². The van der Waals surface area contributed by atoms with Crippen molar-refractivity contribution in [2.75, 3.05) is 7.11 Å². The molecule has 2 nitrogen and oxygen atoms in total. The lowest BCUT2D eigenvalue weighted by Gasteiger charge is -2.19. The fourth-order valence-corrected chi connectivity index (χ4v) is 5.40. The van der Waals surface area contributed by atoms with Crippen LogP contribution in [0.1, 0.15) is 26.3 Å². The van der Waals surface area contributed by atoms with Gasteiger partial charge in [-0.1, -0.05) is 69.3 Å². The van der Waals surface area contributed by atoms with Gasteiger partial charge < -0.3 is 4.74 Å². The summed E-state index contributed by atoms with van der Waals surface area (Å²) in [5, 5.41) is 1.55. The second kappa shape index (κ2) is 8.17. The molecular weight excluding hydrogens is 424 g/mol. The third-order valence-electron chi connectivity index (χ3n) is 6.17. The Bertz CT molecular complexity index is 1520. The first-order valence-corrected chi connectivity index (χ1v) is 11.9. The van der Waals surface area contributed by atoms with Crippen molar-refractivity contribution in [2.45, 2.75) is 26.2 Å². The van der Waals surface area contributed by atoms with E-state index in [1.54, 1.807) is 18.4 Å². The zero-order valence-corrected chi connectivity index (χ0v) is 20.1. The molecule has 0 fully saturated rings. The summed E-state index contributed by atoms with van der Waals surface area (Å²) in [4.78, 5) is 13.6. The van der Waals surface area contributed by atoms with E-state index in [-0.39, 0.29) is 10.8 Å². The predicted octanol–water partition coefficient (Wildman–Crippen LogP) is 8.05. The minimum atomic E-state index is 0.0831. The molecule has 0 N–H and O–H groups in total. The van der Waals surface area contributed by atoms with Crippen LogP contribution in [-0.2, 0) is 5.41 Å². The fraction of sp³-hybridized carbons (Fsp3) is 0.167. The smallest absolute Gasteiger partial charge is 0.196 e. The molecule has 0 aliphatic carbocycles. The minimum Gasteiger partial charge on any atom is -0.497 e. The number of methoxy groups -OCH3 is 1. The maximum Gasteiger partial charge on any atom is 0.196 e. The van der Waals surface area contributed by atoms with Gasteiger partial charge in [0.1, 0.15) is 5.75 Å². The normalized spacial score (nSPS) is 11.8. The van der Waals surface area contributed by atoms with E-state index < -0.39 is 0 Å². The first kappa shape index (κ1) is 21.4. The van der Waals surface area contributed by atoms with E-state index in [9.17, 15) is 4.79 Å². The molecule has 0 aliphatic heterocycles. The number of ether oxygens (including phenoxy) is 1. The second-order valence-corrected chi connectivity index (χ2v) is 10.5. The summed E-state index contributed by atoms with van der Waals surface area (Å²) in [6.45, 7) is 6.67. The highest BCUT2D eigenvalue weighted by Gasteiger charge is 2.16. The Labute approximate surface area is 198 Å². The third kappa shape index (κ3) is 3.94. The van der Waals surface area contributed by atoms with E-state index in [2.05, 4.69) is 57.2 Å². The molecule has 33 heavy (non-hydrogen) atoms. The highest BCUT2D eigenvalue weighted by molar-refractivity contribution is 7.24. The van der Waals surface area contributed by atoms with Gasteiger partial charge in [0.2, 0.25) is 0 Å². The monoisotopic (exact) mass is 450 g/mol. The molecule has 0 unspecified atom stereocenters. The summed E-state index contributed by atoms with van der Waals surface area (Å²) in [6.07, 6.45) is 0. The lowest BCUT2D eigenvalue weighted by atomic mass is 9.86. The Kier molecular flexibility index (Phi) is 5.30. The molecule has 0 radical (unpaired) electrons. The molecule has 0 saturated heterocycles. The Morgan fingerprint density at radius 1 is 0.727 bits per heavy atom. The van der Waals surface area contributed by atoms with E-state index in [1.807, 2.05) is 48.5 Å². The van der Waals surface area contributed by atoms with Gasteiger partial charge in [-0.05, 0) is 69.6 Å². The SMILES string of the molecule is COc1ccc(-c2cc(-c3ccc(C(C)(C)C)cc3)cc3sc4ccccc4c(=O)c23)cc1. The summed E-state index contributed by atoms with van der Waals surface area (Å²) >= 11 is 1.67. The van der Waals surface area contributed by atoms with Crippen LogP contribution < -0.4 is 10.2 Å². The summed E-state index contributed by atoms with van der Waals surface area (Å²) in [5.41, 5.74) is 5.71. The minimum absolute atomic E-state index is 0.0831. The number of fused-ring (bicyclic) bond motifs is 2. The summed E-state index contributed by atoms with van der Waals surface area (Å²) in [7, 11) is 1.66. The third-order valence-corrected chi connectivity index (χ3v) is 7.28. The molecule has 0 spiro atoms. The largest absolute Gasteiger partial charge is 0.497 e. The van der Waals surface area contributed by atoms with Crippen LogP contribution in [0.25, 0.3) is 42.4 Å². The van der Waals surface area contributed by atoms with E-state index in [4.69, 9.17) is 4.74 Å². The topological polar surface area (TPSA) is 26.3 Å². The number of benzene rings is 4. The van der Waals surface area contributed by atoms with Crippen molar-refractivity contribution in [1.29, 1.82) is 0 Å². The summed E-state index contributed by atoms with van der Waals surface area (Å²) in [6, 6.07) is 28.9. The van der Waals surface area contributed by atoms with Gasteiger partial charge in [0.25, 0.3) is 0 Å². The fourth-order valence-electron chi connectivity index (χ4n) is 4.25. The predicted molar refractivity (Wildman–Crippen MR) is 142 cm³/mol. The van der Waals surface area contributed by atoms with Gasteiger partial charge >= 0.3 is 0 Å². The molecular formula is C30H26O2S. The number of hydrogen-bond acceptors (Lipinski definition) is 3. The highest BCUT2D eigenvalue weighted by atomic mass is 32.1. The molecule has 0 saturated carbocycles. The van der Waals surface area contributed by atoms with Crippen LogP contribution in [0.5, 0.6) is 5.75 Å². The average Bonchev–Trinajstić information content (AvgIpc) is 2.83. The average molecular weight is 451 g/mol. The molecule has 0 aliphatic rings. The molecule has 4 aromatic carbocycles. The van der Waals surface area contributed by atoms with E-state index in [0.29, 0.717) is 0 Å². The summed E-state index contributed by atoms with van der Waals surface area (Å²) < 4.78 is 7.36. The Morgan fingerprint density at radius 3 is 2.06 bits per heavy atom. The second-order valence-electron chi connectivity index (χ2n) is 9.38. The molecule has 5 rings (SSSR count). The molecule has 0 amide bonds. The van der Waals surface area contributed by atoms with Crippen LogP contribution >= 0.6 is 11.3 Å². The number of rotatable bonds is 3. The van der Waals surface area contributed by atoms with Gasteiger partial charge in [-0.3, -0.25) is 4.79 Å². The van der Waals surface area contributed by atoms with Crippen molar-refractivity contribution in [3.8, 4) is 28.0 Å². The molecule has 5 aromatic rings. The van der Waals surface area contributed by atoms with Crippen molar-refractivity contribution in [2.24, 2.45) is 0 Å². The quantitative estimate of drug-likeness (QED) is 0.260. The molecule has 1 aromatic heterocycles. The molecule has 1 heterocycles. The zero-order valence-electron chi connectivity index (χ0n) is 19.3. The Balaban J connectivity index is 1.79. The maximum absolute atomic E-state index is 13.6. The van der Waals surface area contributed by atoms with Gasteiger partial charge in [0, 0.05) is 20.2 Å². The van der Waals surface area contributed by atoms with Crippen LogP contribution in [0.2, 0.25) is 0 Å². The van der Waals surface area contributed by atoms with Gasteiger partial charge in [0.15, 0.2) is 5.43 Å². The standard InChI is InChI=1S/C30H26O2S/c1-30(2,3)22-13-9-19(10-14-22)21-17-25(20-11-15-23(32-4)16-12-20)28-27(18-21)33-26-8-6-5-7-24(26)29(28)31/h5-18H,1-4H3. The van der Waals surface area contributed by atoms with E-state index in [1.165, 1.54) is 5.56 Å². The van der Waals surface area contributed by atoms with Crippen LogP contribution in [0, 0.1) is 0 Å². The van der Waals surface area contributed by atoms with Gasteiger partial charge in [-0.15, -0.1) is 11.3 Å². The van der Waals surface area contributed by atoms with Crippen LogP contribution in [0.4, 0.5) is 0 Å². The molecule has 0 bridgehead atoms. The van der Waals surface area contributed by atoms with Crippen molar-refractivity contribution in [3.63, 3.8) is 0 Å². The Hall–Kier alpha value is -3.43. The molecule has 0 atom stereocenters. The van der Waals surface area contributed by atoms with Crippen LogP contribution in [0.15, 0.2) is 89.7 Å². The van der Waals surface area contributed by atoms with Crippen molar-refractivity contribution >= 4 is 31.5 Å². The van der Waals surface area contributed by atoms with E-state index >= 15 is 0 Å². The first-order chi connectivity index (χ1) is 15.8. The molecule has 164 valence electrons. The lowest BCUT2D eigenvalue weighted by molar-refractivity contribution is 0.415. The molecule has 3 heteroatoms. The summed E-state index contributed by atoms with van der Waals surface area (Å²) in [5.74, 6) is 0.799. The van der Waals surface area contributed by atoms with Crippen molar-refractivity contribution in [3.05, 3.63) is 101 Å². The maximum atomic E-state index is 13.6. The first-order valence-electron chi connectivity index (χ1n) is 11.1. The Morgan fingerprint density at radius 2 is 1.39 bits per heavy atom. The van der Waals surface area contributed by atoms with Crippen LogP contribution in [0.3, 0.4) is 0 Å². The van der Waals surface area contributed by atoms with Gasteiger partial charge in [0.05, 0.1) is 7.11 Å². The van der Waals surface area contributed by atoms with Crippen molar-refractivity contribution < 1.29 is 4.74 Å². The highest BCUT2D eigenvalue weighted by Crippen LogP contribution is 2.37. The zero-order chi connectivity index (χ0) is 23.2. The van der Waals surface area contributed by atoms with Crippen molar-refractivity contribution in [1.82, 2.24) is 0 Å². The lowest BCUT2D eigenvalue weighted by Crippen LogP contribution is -2.10. The number of hydrogen-bond donors (Lipinski definition) is 0. The van der Waals surface area contributed by atoms with E-state index in [0.717, 1.165) is 48.2 Å².